The van der Waals surface area contributed by atoms with Gasteiger partial charge in [0.1, 0.15) is 17.5 Å². The van der Waals surface area contributed by atoms with Gasteiger partial charge < -0.3 is 5.32 Å². The summed E-state index contributed by atoms with van der Waals surface area (Å²) in [5, 5.41) is 16.6. The number of hydrogen-bond donors (Lipinski definition) is 1. The van der Waals surface area contributed by atoms with Gasteiger partial charge in [-0.15, -0.1) is 0 Å². The molecular formula is C13H13BrN4. The molecule has 0 saturated heterocycles. The molecule has 0 bridgehead atoms. The standard InChI is InChI=1S/C13H13BrN4/c1-8-4-10(14)6-11(5-8)16-13-12(7-15)9(2)17-18(13)3/h4-6,16H,1-3H3. The van der Waals surface area contributed by atoms with Crippen LogP contribution < -0.4 is 5.32 Å². The zero-order chi connectivity index (χ0) is 13.3. The number of rotatable bonds is 2. The van der Waals surface area contributed by atoms with Crippen LogP contribution in [0.25, 0.3) is 0 Å². The molecule has 0 aliphatic heterocycles. The fourth-order valence-electron chi connectivity index (χ4n) is 1.88. The molecule has 0 unspecified atom stereocenters. The first kappa shape index (κ1) is 12.7. The molecule has 0 atom stereocenters. The van der Waals surface area contributed by atoms with Gasteiger partial charge in [0.15, 0.2) is 0 Å². The van der Waals surface area contributed by atoms with Gasteiger partial charge in [0.2, 0.25) is 0 Å². The van der Waals surface area contributed by atoms with Crippen molar-refractivity contribution in [2.24, 2.45) is 7.05 Å². The normalized spacial score (nSPS) is 10.2. The Hall–Kier alpha value is -1.80. The fourth-order valence-corrected chi connectivity index (χ4v) is 2.49. The summed E-state index contributed by atoms with van der Waals surface area (Å²) in [7, 11) is 1.82. The summed E-state index contributed by atoms with van der Waals surface area (Å²) in [6, 6.07) is 8.20. The molecule has 1 aromatic heterocycles. The van der Waals surface area contributed by atoms with Gasteiger partial charge in [-0.05, 0) is 37.6 Å². The van der Waals surface area contributed by atoms with E-state index in [9.17, 15) is 0 Å². The number of nitrogens with one attached hydrogen (secondary N) is 1. The fraction of sp³-hybridized carbons (Fsp3) is 0.231. The molecule has 1 N–H and O–H groups in total. The Morgan fingerprint density at radius 3 is 2.67 bits per heavy atom. The van der Waals surface area contributed by atoms with Crippen molar-refractivity contribution in [3.05, 3.63) is 39.5 Å². The summed E-state index contributed by atoms with van der Waals surface area (Å²) >= 11 is 3.46. The van der Waals surface area contributed by atoms with Gasteiger partial charge in [-0.3, -0.25) is 4.68 Å². The van der Waals surface area contributed by atoms with Crippen molar-refractivity contribution in [1.82, 2.24) is 9.78 Å². The minimum absolute atomic E-state index is 0.579. The molecule has 18 heavy (non-hydrogen) atoms. The third-order valence-electron chi connectivity index (χ3n) is 2.64. The molecule has 0 radical (unpaired) electrons. The summed E-state index contributed by atoms with van der Waals surface area (Å²) in [4.78, 5) is 0. The lowest BCUT2D eigenvalue weighted by Crippen LogP contribution is -2.00. The van der Waals surface area contributed by atoms with Crippen molar-refractivity contribution in [2.75, 3.05) is 5.32 Å². The molecule has 0 amide bonds. The lowest BCUT2D eigenvalue weighted by molar-refractivity contribution is 0.765. The van der Waals surface area contributed by atoms with Crippen molar-refractivity contribution < 1.29 is 0 Å². The van der Waals surface area contributed by atoms with Crippen molar-refractivity contribution in [1.29, 1.82) is 5.26 Å². The van der Waals surface area contributed by atoms with Crippen LogP contribution in [0.3, 0.4) is 0 Å². The maximum atomic E-state index is 9.15. The van der Waals surface area contributed by atoms with Crippen molar-refractivity contribution in [3.63, 3.8) is 0 Å². The molecule has 0 saturated carbocycles. The lowest BCUT2D eigenvalue weighted by Gasteiger charge is -2.08. The predicted octanol–water partition coefficient (Wildman–Crippen LogP) is 3.41. The molecule has 92 valence electrons. The van der Waals surface area contributed by atoms with E-state index in [1.807, 2.05) is 39.1 Å². The average molecular weight is 305 g/mol. The van der Waals surface area contributed by atoms with Gasteiger partial charge in [-0.25, -0.2) is 0 Å². The second-order valence-corrected chi connectivity index (χ2v) is 5.10. The van der Waals surface area contributed by atoms with Crippen LogP contribution in [-0.2, 0) is 7.05 Å². The van der Waals surface area contributed by atoms with E-state index in [1.165, 1.54) is 0 Å². The number of anilines is 2. The third kappa shape index (κ3) is 2.39. The highest BCUT2D eigenvalue weighted by molar-refractivity contribution is 9.10. The Kier molecular flexibility index (Phi) is 3.39. The maximum Gasteiger partial charge on any atom is 0.146 e. The quantitative estimate of drug-likeness (QED) is 0.925. The summed E-state index contributed by atoms with van der Waals surface area (Å²) in [6.07, 6.45) is 0. The summed E-state index contributed by atoms with van der Waals surface area (Å²) in [6.45, 7) is 3.85. The maximum absolute atomic E-state index is 9.15. The van der Waals surface area contributed by atoms with Gasteiger partial charge in [-0.1, -0.05) is 15.9 Å². The van der Waals surface area contributed by atoms with E-state index >= 15 is 0 Å². The summed E-state index contributed by atoms with van der Waals surface area (Å²) < 4.78 is 2.69. The van der Waals surface area contributed by atoms with E-state index in [1.54, 1.807) is 4.68 Å². The summed E-state index contributed by atoms with van der Waals surface area (Å²) in [5.74, 6) is 0.715. The molecule has 0 aliphatic rings. The van der Waals surface area contributed by atoms with Crippen LogP contribution in [0.1, 0.15) is 16.8 Å². The molecule has 0 spiro atoms. The van der Waals surface area contributed by atoms with Crippen molar-refractivity contribution in [3.8, 4) is 6.07 Å². The molecule has 2 aromatic rings. The minimum Gasteiger partial charge on any atom is -0.339 e. The number of aromatic nitrogens is 2. The Morgan fingerprint density at radius 2 is 2.06 bits per heavy atom. The van der Waals surface area contributed by atoms with Gasteiger partial charge >= 0.3 is 0 Å². The number of aryl methyl sites for hydroxylation is 3. The van der Waals surface area contributed by atoms with Gasteiger partial charge in [0, 0.05) is 17.2 Å². The molecule has 4 nitrogen and oxygen atoms in total. The first-order valence-corrected chi connectivity index (χ1v) is 6.28. The first-order chi connectivity index (χ1) is 8.51. The Labute approximate surface area is 114 Å². The van der Waals surface area contributed by atoms with E-state index in [4.69, 9.17) is 5.26 Å². The molecule has 5 heteroatoms. The van der Waals surface area contributed by atoms with Crippen LogP contribution in [0.4, 0.5) is 11.5 Å². The van der Waals surface area contributed by atoms with E-state index < -0.39 is 0 Å². The molecule has 1 heterocycles. The average Bonchev–Trinajstić information content (AvgIpc) is 2.52. The van der Waals surface area contributed by atoms with E-state index in [0.717, 1.165) is 21.4 Å². The highest BCUT2D eigenvalue weighted by atomic mass is 79.9. The molecule has 0 fully saturated rings. The number of nitrogens with zero attached hydrogens (tertiary/aromatic N) is 3. The first-order valence-electron chi connectivity index (χ1n) is 5.49. The van der Waals surface area contributed by atoms with E-state index in [0.29, 0.717) is 11.4 Å². The minimum atomic E-state index is 0.579. The van der Waals surface area contributed by atoms with Crippen LogP contribution >= 0.6 is 15.9 Å². The second kappa shape index (κ2) is 4.83. The smallest absolute Gasteiger partial charge is 0.146 e. The van der Waals surface area contributed by atoms with Gasteiger partial charge in [0.05, 0.1) is 5.69 Å². The van der Waals surface area contributed by atoms with Crippen LogP contribution in [0.5, 0.6) is 0 Å². The van der Waals surface area contributed by atoms with Gasteiger partial charge in [-0.2, -0.15) is 10.4 Å². The monoisotopic (exact) mass is 304 g/mol. The van der Waals surface area contributed by atoms with E-state index in [-0.39, 0.29) is 0 Å². The largest absolute Gasteiger partial charge is 0.339 e. The number of halogens is 1. The summed E-state index contributed by atoms with van der Waals surface area (Å²) in [5.41, 5.74) is 3.38. The SMILES string of the molecule is Cc1cc(Br)cc(Nc2c(C#N)c(C)nn2C)c1. The number of benzene rings is 1. The second-order valence-electron chi connectivity index (χ2n) is 4.19. The molecule has 0 aliphatic carbocycles. The van der Waals surface area contributed by atoms with Crippen molar-refractivity contribution >= 4 is 27.4 Å². The molecule has 2 rings (SSSR count). The van der Waals surface area contributed by atoms with Crippen LogP contribution in [0, 0.1) is 25.2 Å². The van der Waals surface area contributed by atoms with E-state index in [2.05, 4.69) is 32.4 Å². The number of hydrogen-bond acceptors (Lipinski definition) is 3. The zero-order valence-corrected chi connectivity index (χ0v) is 12.0. The molecule has 1 aromatic carbocycles. The van der Waals surface area contributed by atoms with Crippen molar-refractivity contribution in [2.45, 2.75) is 13.8 Å². The zero-order valence-electron chi connectivity index (χ0n) is 10.5. The van der Waals surface area contributed by atoms with Crippen LogP contribution in [-0.4, -0.2) is 9.78 Å². The van der Waals surface area contributed by atoms with Gasteiger partial charge in [0.25, 0.3) is 0 Å². The lowest BCUT2D eigenvalue weighted by atomic mass is 10.2. The Balaban J connectivity index is 2.43. The highest BCUT2D eigenvalue weighted by Crippen LogP contribution is 2.25. The van der Waals surface area contributed by atoms with Crippen LogP contribution in [0.2, 0.25) is 0 Å². The number of nitriles is 1. The third-order valence-corrected chi connectivity index (χ3v) is 3.10. The predicted molar refractivity (Wildman–Crippen MR) is 74.8 cm³/mol. The van der Waals surface area contributed by atoms with Crippen LogP contribution in [0.15, 0.2) is 22.7 Å². The Morgan fingerprint density at radius 1 is 1.33 bits per heavy atom. The highest BCUT2D eigenvalue weighted by Gasteiger charge is 2.12. The topological polar surface area (TPSA) is 53.6 Å². The molecular weight excluding hydrogens is 292 g/mol. The Bertz CT molecular complexity index is 617.